The van der Waals surface area contributed by atoms with Crippen molar-refractivity contribution in [2.45, 2.75) is 63.0 Å². The average Bonchev–Trinajstić information content (AvgIpc) is 3.58. The average molecular weight is 430 g/mol. The summed E-state index contributed by atoms with van der Waals surface area (Å²) in [5, 5.41) is 11.4. The summed E-state index contributed by atoms with van der Waals surface area (Å²) in [5.74, 6) is -4.88. The minimum Gasteiger partial charge on any atom is -0.432 e. The number of nitrogens with one attached hydrogen (secondary N) is 1. The Morgan fingerprint density at radius 1 is 1.23 bits per heavy atom. The highest BCUT2D eigenvalue weighted by Crippen LogP contribution is 2.49. The summed E-state index contributed by atoms with van der Waals surface area (Å²) >= 11 is 0. The van der Waals surface area contributed by atoms with Crippen molar-refractivity contribution in [3.63, 3.8) is 0 Å². The van der Waals surface area contributed by atoms with E-state index in [1.807, 2.05) is 6.07 Å². The molecule has 30 heavy (non-hydrogen) atoms. The van der Waals surface area contributed by atoms with Crippen LogP contribution in [0.1, 0.15) is 44.9 Å². The third-order valence-corrected chi connectivity index (χ3v) is 5.41. The van der Waals surface area contributed by atoms with E-state index in [4.69, 9.17) is 5.26 Å². The molecule has 0 aromatic heterocycles. The first-order valence-corrected chi connectivity index (χ1v) is 9.89. The second-order valence-corrected chi connectivity index (χ2v) is 8.37. The molecule has 0 unspecified atom stereocenters. The van der Waals surface area contributed by atoms with Crippen LogP contribution in [-0.4, -0.2) is 30.4 Å². The van der Waals surface area contributed by atoms with Gasteiger partial charge in [0.25, 0.3) is 0 Å². The van der Waals surface area contributed by atoms with Gasteiger partial charge < -0.3 is 4.74 Å². The number of halogens is 5. The largest absolute Gasteiger partial charge is 0.432 e. The number of carbonyl (C=O) groups is 1. The van der Waals surface area contributed by atoms with E-state index in [0.717, 1.165) is 24.3 Å². The zero-order chi connectivity index (χ0) is 22.0. The molecule has 0 saturated heterocycles. The minimum atomic E-state index is -3.81. The quantitative estimate of drug-likeness (QED) is 0.482. The molecule has 0 heterocycles. The summed E-state index contributed by atoms with van der Waals surface area (Å²) in [6.07, 6.45) is -2.97. The van der Waals surface area contributed by atoms with Gasteiger partial charge in [-0.2, -0.15) is 14.0 Å². The van der Waals surface area contributed by atoms with Crippen molar-refractivity contribution in [2.75, 3.05) is 6.54 Å². The van der Waals surface area contributed by atoms with Crippen LogP contribution in [0.4, 0.5) is 22.0 Å². The molecular weight excluding hydrogens is 407 g/mol. The zero-order valence-corrected chi connectivity index (χ0v) is 16.3. The van der Waals surface area contributed by atoms with Crippen molar-refractivity contribution in [3.05, 3.63) is 30.1 Å². The summed E-state index contributed by atoms with van der Waals surface area (Å²) < 4.78 is 74.5. The first-order valence-electron chi connectivity index (χ1n) is 9.89. The molecule has 0 aliphatic heterocycles. The summed E-state index contributed by atoms with van der Waals surface area (Å²) in [6, 6.07) is 4.41. The lowest BCUT2D eigenvalue weighted by atomic mass is 9.92. The molecule has 2 fully saturated rings. The second kappa shape index (κ2) is 8.50. The number of alkyl halides is 4. The maximum absolute atomic E-state index is 14.3. The van der Waals surface area contributed by atoms with E-state index in [9.17, 15) is 26.7 Å². The van der Waals surface area contributed by atoms with Gasteiger partial charge in [-0.05, 0) is 55.9 Å². The fourth-order valence-corrected chi connectivity index (χ4v) is 3.32. The van der Waals surface area contributed by atoms with Crippen LogP contribution in [0.2, 0.25) is 0 Å². The SMILES string of the molecule is N#CC1(CC(=O)[C@H](CC(F)(F)CC2CC2)NCC(F)(F)Oc2ccc(F)cc2)CC1. The summed E-state index contributed by atoms with van der Waals surface area (Å²) in [6.45, 7) is -1.18. The highest BCUT2D eigenvalue weighted by atomic mass is 19.3. The van der Waals surface area contributed by atoms with Gasteiger partial charge in [-0.15, -0.1) is 0 Å². The van der Waals surface area contributed by atoms with Gasteiger partial charge in [-0.3, -0.25) is 10.1 Å². The maximum Gasteiger partial charge on any atom is 0.410 e. The molecule has 1 N–H and O–H groups in total. The molecule has 1 aromatic carbocycles. The predicted octanol–water partition coefficient (Wildman–Crippen LogP) is 4.84. The Kier molecular flexibility index (Phi) is 6.37. The predicted molar refractivity (Wildman–Crippen MR) is 97.6 cm³/mol. The number of rotatable bonds is 12. The molecule has 2 aliphatic carbocycles. The maximum atomic E-state index is 14.3. The lowest BCUT2D eigenvalue weighted by molar-refractivity contribution is -0.174. The van der Waals surface area contributed by atoms with Crippen LogP contribution in [0.5, 0.6) is 5.75 Å². The normalized spacial score (nSPS) is 19.1. The van der Waals surface area contributed by atoms with Gasteiger partial charge in [0.05, 0.1) is 17.5 Å². The standard InChI is InChI=1S/C21H23F5N2O2/c22-15-3-5-16(6-4-15)30-21(25,26)13-28-17(10-20(23,24)9-14-1-2-14)18(29)11-19(12-27)7-8-19/h3-6,14,17,28H,1-2,7-11,13H2/t17-/m0/s1. The third-order valence-electron chi connectivity index (χ3n) is 5.41. The summed E-state index contributed by atoms with van der Waals surface area (Å²) in [7, 11) is 0. The number of nitrogens with zero attached hydrogens (tertiary/aromatic N) is 1. The van der Waals surface area contributed by atoms with E-state index in [1.165, 1.54) is 0 Å². The van der Waals surface area contributed by atoms with Crippen LogP contribution in [0.25, 0.3) is 0 Å². The van der Waals surface area contributed by atoms with Crippen LogP contribution in [0.3, 0.4) is 0 Å². The van der Waals surface area contributed by atoms with Gasteiger partial charge in [0.1, 0.15) is 18.1 Å². The van der Waals surface area contributed by atoms with Crippen molar-refractivity contribution in [3.8, 4) is 11.8 Å². The number of hydrogen-bond acceptors (Lipinski definition) is 4. The fourth-order valence-electron chi connectivity index (χ4n) is 3.32. The Morgan fingerprint density at radius 2 is 1.87 bits per heavy atom. The Hall–Kier alpha value is -2.21. The van der Waals surface area contributed by atoms with Crippen molar-refractivity contribution in [2.24, 2.45) is 11.3 Å². The molecule has 3 rings (SSSR count). The molecule has 0 amide bonds. The molecule has 9 heteroatoms. The summed E-state index contributed by atoms with van der Waals surface area (Å²) in [5.41, 5.74) is -0.865. The van der Waals surface area contributed by atoms with E-state index in [-0.39, 0.29) is 24.5 Å². The van der Waals surface area contributed by atoms with Crippen LogP contribution < -0.4 is 10.1 Å². The first-order chi connectivity index (χ1) is 14.0. The Balaban J connectivity index is 1.63. The van der Waals surface area contributed by atoms with Gasteiger partial charge in [0, 0.05) is 19.3 Å². The van der Waals surface area contributed by atoms with E-state index in [2.05, 4.69) is 10.1 Å². The molecule has 0 bridgehead atoms. The van der Waals surface area contributed by atoms with Crippen molar-refractivity contribution >= 4 is 5.78 Å². The molecule has 1 atom stereocenters. The van der Waals surface area contributed by atoms with Crippen molar-refractivity contribution in [1.29, 1.82) is 5.26 Å². The highest BCUT2D eigenvalue weighted by Gasteiger charge is 2.48. The van der Waals surface area contributed by atoms with Gasteiger partial charge >= 0.3 is 6.11 Å². The molecule has 2 saturated carbocycles. The minimum absolute atomic E-state index is 0.104. The van der Waals surface area contributed by atoms with Crippen LogP contribution in [-0.2, 0) is 4.79 Å². The number of ether oxygens (including phenoxy) is 1. The molecule has 0 spiro atoms. The molecule has 0 radical (unpaired) electrons. The van der Waals surface area contributed by atoms with E-state index >= 15 is 0 Å². The number of benzene rings is 1. The topological polar surface area (TPSA) is 62.1 Å². The van der Waals surface area contributed by atoms with E-state index in [1.54, 1.807) is 0 Å². The molecular formula is C21H23F5N2O2. The summed E-state index contributed by atoms with van der Waals surface area (Å²) in [4.78, 5) is 12.6. The number of Topliss-reactive ketones (excluding diaryl/α,β-unsaturated/α-hetero) is 1. The lowest BCUT2D eigenvalue weighted by Gasteiger charge is -2.26. The molecule has 1 aromatic rings. The lowest BCUT2D eigenvalue weighted by Crippen LogP contribution is -2.48. The molecule has 4 nitrogen and oxygen atoms in total. The van der Waals surface area contributed by atoms with E-state index in [0.29, 0.717) is 25.7 Å². The van der Waals surface area contributed by atoms with E-state index < -0.39 is 48.1 Å². The Bertz CT molecular complexity index is 799. The number of ketones is 1. The smallest absolute Gasteiger partial charge is 0.410 e. The van der Waals surface area contributed by atoms with Crippen LogP contribution in [0.15, 0.2) is 24.3 Å². The number of carbonyl (C=O) groups excluding carboxylic acids is 1. The fraction of sp³-hybridized carbons (Fsp3) is 0.619. The molecule has 164 valence electrons. The van der Waals surface area contributed by atoms with Gasteiger partial charge in [0.15, 0.2) is 5.78 Å². The van der Waals surface area contributed by atoms with Gasteiger partial charge in [0.2, 0.25) is 5.92 Å². The zero-order valence-electron chi connectivity index (χ0n) is 16.3. The van der Waals surface area contributed by atoms with Crippen molar-refractivity contribution in [1.82, 2.24) is 5.32 Å². The number of nitriles is 1. The second-order valence-electron chi connectivity index (χ2n) is 8.37. The van der Waals surface area contributed by atoms with Crippen LogP contribution in [0, 0.1) is 28.5 Å². The van der Waals surface area contributed by atoms with Crippen LogP contribution >= 0.6 is 0 Å². The first kappa shape index (κ1) is 22.5. The molecule has 2 aliphatic rings. The van der Waals surface area contributed by atoms with Crippen molar-refractivity contribution < 1.29 is 31.5 Å². The van der Waals surface area contributed by atoms with Gasteiger partial charge in [-0.1, -0.05) is 0 Å². The third kappa shape index (κ3) is 6.66. The van der Waals surface area contributed by atoms with Gasteiger partial charge in [-0.25, -0.2) is 13.2 Å². The highest BCUT2D eigenvalue weighted by molar-refractivity contribution is 5.85. The monoisotopic (exact) mass is 430 g/mol. The Labute approximate surface area is 171 Å². The number of hydrogen-bond donors (Lipinski definition) is 1. The Morgan fingerprint density at radius 3 is 2.40 bits per heavy atom.